The molecule has 0 N–H and O–H groups in total. The van der Waals surface area contributed by atoms with Crippen molar-refractivity contribution in [2.75, 3.05) is 6.61 Å². The average Bonchev–Trinajstić information content (AvgIpc) is 3.41. The molecule has 36 heavy (non-hydrogen) atoms. The summed E-state index contributed by atoms with van der Waals surface area (Å²) in [7, 11) is 0. The Hall–Kier alpha value is -2.04. The van der Waals surface area contributed by atoms with Crippen LogP contribution < -0.4 is 4.74 Å². The van der Waals surface area contributed by atoms with Crippen LogP contribution in [-0.4, -0.2) is 22.7 Å². The summed E-state index contributed by atoms with van der Waals surface area (Å²) in [5.74, 6) is 1.08. The Morgan fingerprint density at radius 2 is 1.61 bits per heavy atom. The normalized spacial score (nSPS) is 14.9. The highest BCUT2D eigenvalue weighted by Crippen LogP contribution is 2.29. The van der Waals surface area contributed by atoms with Gasteiger partial charge >= 0.3 is 0 Å². The number of aryl methyl sites for hydroxylation is 1. The summed E-state index contributed by atoms with van der Waals surface area (Å²) in [5, 5.41) is 0. The van der Waals surface area contributed by atoms with Crippen LogP contribution in [0.25, 0.3) is 11.4 Å². The number of rotatable bonds is 18. The Kier molecular flexibility index (Phi) is 13.2. The van der Waals surface area contributed by atoms with Crippen LogP contribution in [0.2, 0.25) is 0 Å². The molecule has 3 nitrogen and oxygen atoms in total. The molecule has 1 saturated carbocycles. The lowest BCUT2D eigenvalue weighted by Gasteiger charge is -2.12. The van der Waals surface area contributed by atoms with E-state index < -0.39 is 12.0 Å². The van der Waals surface area contributed by atoms with E-state index in [1.807, 2.05) is 12.4 Å². The third-order valence-electron chi connectivity index (χ3n) is 7.49. The van der Waals surface area contributed by atoms with Gasteiger partial charge in [0.25, 0.3) is 0 Å². The molecule has 0 saturated heterocycles. The molecule has 1 aromatic carbocycles. The van der Waals surface area contributed by atoms with Crippen molar-refractivity contribution in [3.05, 3.63) is 42.0 Å². The molecule has 1 aliphatic rings. The lowest BCUT2D eigenvalue weighted by atomic mass is 9.99. The van der Waals surface area contributed by atoms with E-state index in [1.165, 1.54) is 70.3 Å². The maximum atomic E-state index is 14.5. The summed E-state index contributed by atoms with van der Waals surface area (Å²) in [6, 6.07) is 4.64. The van der Waals surface area contributed by atoms with Gasteiger partial charge in [0.1, 0.15) is 12.8 Å². The fourth-order valence-electron chi connectivity index (χ4n) is 5.21. The third kappa shape index (κ3) is 10.5. The van der Waals surface area contributed by atoms with Crippen LogP contribution in [0.3, 0.4) is 0 Å². The highest BCUT2D eigenvalue weighted by molar-refractivity contribution is 5.56. The number of hydrogen-bond acceptors (Lipinski definition) is 3. The topological polar surface area (TPSA) is 35.0 Å². The molecule has 200 valence electrons. The number of ether oxygens (including phenoxy) is 1. The SMILES string of the molecule is CCCCCCC(F)COc1ccc(-c2ncc(CCCCCCCCC3CCCC3)cn2)cc1F. The lowest BCUT2D eigenvalue weighted by Crippen LogP contribution is -2.13. The smallest absolute Gasteiger partial charge is 0.165 e. The fraction of sp³-hybridized carbons (Fsp3) is 0.677. The molecule has 0 spiro atoms. The first kappa shape index (κ1) is 28.5. The number of hydrogen-bond donors (Lipinski definition) is 0. The van der Waals surface area contributed by atoms with E-state index in [0.29, 0.717) is 17.8 Å². The summed E-state index contributed by atoms with van der Waals surface area (Å²) in [5.41, 5.74) is 1.72. The molecule has 1 atom stereocenters. The molecular weight excluding hydrogens is 454 g/mol. The predicted octanol–water partition coefficient (Wildman–Crippen LogP) is 9.43. The van der Waals surface area contributed by atoms with Crippen molar-refractivity contribution in [3.63, 3.8) is 0 Å². The van der Waals surface area contributed by atoms with Gasteiger partial charge in [-0.2, -0.15) is 0 Å². The van der Waals surface area contributed by atoms with Gasteiger partial charge in [0.05, 0.1) is 0 Å². The molecule has 0 radical (unpaired) electrons. The quantitative estimate of drug-likeness (QED) is 0.191. The summed E-state index contributed by atoms with van der Waals surface area (Å²) < 4.78 is 33.9. The number of aromatic nitrogens is 2. The zero-order valence-corrected chi connectivity index (χ0v) is 22.3. The Bertz CT molecular complexity index is 852. The van der Waals surface area contributed by atoms with Gasteiger partial charge in [0, 0.05) is 18.0 Å². The van der Waals surface area contributed by atoms with E-state index in [1.54, 1.807) is 12.1 Å². The second kappa shape index (κ2) is 16.7. The summed E-state index contributed by atoms with van der Waals surface area (Å²) in [6.07, 6.45) is 23.3. The Balaban J connectivity index is 1.32. The molecule has 2 aromatic rings. The second-order valence-corrected chi connectivity index (χ2v) is 10.6. The standard InChI is InChI=1S/C31H46F2N2O/c1-2-3-4-11-18-28(32)24-36-30-20-19-27(21-29(30)33)31-34-22-26(23-35-31)17-10-8-6-5-7-9-14-25-15-12-13-16-25/h19-23,25,28H,2-18,24H2,1H3. The number of benzene rings is 1. The zero-order valence-electron chi connectivity index (χ0n) is 22.3. The van der Waals surface area contributed by atoms with Crippen molar-refractivity contribution >= 4 is 0 Å². The van der Waals surface area contributed by atoms with Crippen LogP contribution in [0.4, 0.5) is 8.78 Å². The van der Waals surface area contributed by atoms with E-state index in [4.69, 9.17) is 4.74 Å². The van der Waals surface area contributed by atoms with Crippen molar-refractivity contribution in [1.82, 2.24) is 9.97 Å². The highest BCUT2D eigenvalue weighted by atomic mass is 19.1. The Labute approximate surface area is 217 Å². The van der Waals surface area contributed by atoms with E-state index in [0.717, 1.165) is 50.0 Å². The third-order valence-corrected chi connectivity index (χ3v) is 7.49. The van der Waals surface area contributed by atoms with Gasteiger partial charge in [-0.3, -0.25) is 0 Å². The molecule has 0 amide bonds. The minimum atomic E-state index is -1.07. The van der Waals surface area contributed by atoms with Crippen molar-refractivity contribution < 1.29 is 13.5 Å². The van der Waals surface area contributed by atoms with Crippen LogP contribution in [0, 0.1) is 11.7 Å². The fourth-order valence-corrected chi connectivity index (χ4v) is 5.21. The largest absolute Gasteiger partial charge is 0.487 e. The number of alkyl halides is 1. The summed E-state index contributed by atoms with van der Waals surface area (Å²) in [6.45, 7) is 2.01. The number of nitrogens with zero attached hydrogens (tertiary/aromatic N) is 2. The molecule has 0 bridgehead atoms. The zero-order chi connectivity index (χ0) is 25.4. The molecule has 1 aromatic heterocycles. The highest BCUT2D eigenvalue weighted by Gasteiger charge is 2.14. The minimum absolute atomic E-state index is 0.0742. The van der Waals surface area contributed by atoms with Gasteiger partial charge in [-0.1, -0.05) is 96.8 Å². The molecule has 3 rings (SSSR count). The van der Waals surface area contributed by atoms with Gasteiger partial charge in [-0.25, -0.2) is 18.7 Å². The maximum Gasteiger partial charge on any atom is 0.165 e. The first-order chi connectivity index (χ1) is 17.7. The van der Waals surface area contributed by atoms with Crippen molar-refractivity contribution in [2.45, 2.75) is 122 Å². The summed E-state index contributed by atoms with van der Waals surface area (Å²) >= 11 is 0. The molecule has 1 heterocycles. The molecule has 0 aliphatic heterocycles. The van der Waals surface area contributed by atoms with E-state index in [2.05, 4.69) is 16.9 Å². The predicted molar refractivity (Wildman–Crippen MR) is 145 cm³/mol. The van der Waals surface area contributed by atoms with Gasteiger partial charge in [0.15, 0.2) is 17.4 Å². The maximum absolute atomic E-state index is 14.5. The minimum Gasteiger partial charge on any atom is -0.487 e. The van der Waals surface area contributed by atoms with Crippen molar-refractivity contribution in [1.29, 1.82) is 0 Å². The Morgan fingerprint density at radius 3 is 2.33 bits per heavy atom. The van der Waals surface area contributed by atoms with E-state index >= 15 is 0 Å². The first-order valence-corrected chi connectivity index (χ1v) is 14.5. The average molecular weight is 501 g/mol. The number of unbranched alkanes of at least 4 members (excludes halogenated alkanes) is 8. The molecule has 5 heteroatoms. The van der Waals surface area contributed by atoms with Crippen LogP contribution in [-0.2, 0) is 6.42 Å². The molecule has 1 aliphatic carbocycles. The van der Waals surface area contributed by atoms with Gasteiger partial charge in [0.2, 0.25) is 0 Å². The summed E-state index contributed by atoms with van der Waals surface area (Å²) in [4.78, 5) is 8.88. The van der Waals surface area contributed by atoms with Crippen molar-refractivity contribution in [3.8, 4) is 17.1 Å². The first-order valence-electron chi connectivity index (χ1n) is 14.5. The molecule has 1 fully saturated rings. The van der Waals surface area contributed by atoms with Crippen LogP contribution in [0.15, 0.2) is 30.6 Å². The Morgan fingerprint density at radius 1 is 0.917 bits per heavy atom. The van der Waals surface area contributed by atoms with E-state index in [9.17, 15) is 8.78 Å². The van der Waals surface area contributed by atoms with Gasteiger partial charge < -0.3 is 4.74 Å². The number of halogens is 2. The van der Waals surface area contributed by atoms with Crippen molar-refractivity contribution in [2.24, 2.45) is 5.92 Å². The van der Waals surface area contributed by atoms with Crippen LogP contribution in [0.5, 0.6) is 5.75 Å². The van der Waals surface area contributed by atoms with Crippen LogP contribution >= 0.6 is 0 Å². The van der Waals surface area contributed by atoms with Gasteiger partial charge in [-0.05, 0) is 48.9 Å². The van der Waals surface area contributed by atoms with Gasteiger partial charge in [-0.15, -0.1) is 0 Å². The van der Waals surface area contributed by atoms with E-state index in [-0.39, 0.29) is 12.4 Å². The lowest BCUT2D eigenvalue weighted by molar-refractivity contribution is 0.179. The second-order valence-electron chi connectivity index (χ2n) is 10.6. The monoisotopic (exact) mass is 500 g/mol. The van der Waals surface area contributed by atoms with Crippen LogP contribution in [0.1, 0.15) is 115 Å². The molecular formula is C31H46F2N2O. The molecule has 1 unspecified atom stereocenters.